The summed E-state index contributed by atoms with van der Waals surface area (Å²) in [6, 6.07) is 10.1. The maximum Gasteiger partial charge on any atom is 0.323 e. The lowest BCUT2D eigenvalue weighted by Crippen LogP contribution is -2.49. The van der Waals surface area contributed by atoms with E-state index < -0.39 is 5.72 Å². The summed E-state index contributed by atoms with van der Waals surface area (Å²) in [5.74, 6) is -0.128. The van der Waals surface area contributed by atoms with Gasteiger partial charge in [-0.3, -0.25) is 9.69 Å². The molecule has 0 spiro atoms. The van der Waals surface area contributed by atoms with Crippen LogP contribution in [0.3, 0.4) is 0 Å². The Bertz CT molecular complexity index is 500. The second-order valence-corrected chi connectivity index (χ2v) is 6.09. The van der Waals surface area contributed by atoms with Gasteiger partial charge in [-0.2, -0.15) is 0 Å². The number of carbonyl (C=O) groups excluding carboxylic acids is 1. The van der Waals surface area contributed by atoms with E-state index in [0.717, 1.165) is 6.42 Å². The minimum absolute atomic E-state index is 0.0136. The second-order valence-electron chi connectivity index (χ2n) is 6.09. The van der Waals surface area contributed by atoms with Crippen molar-refractivity contribution in [3.63, 3.8) is 0 Å². The molecule has 1 aromatic rings. The molecule has 0 aromatic heterocycles. The van der Waals surface area contributed by atoms with Gasteiger partial charge in [0, 0.05) is 6.42 Å². The smallest absolute Gasteiger partial charge is 0.323 e. The Kier molecular flexibility index (Phi) is 3.30. The third-order valence-corrected chi connectivity index (χ3v) is 4.22. The highest BCUT2D eigenvalue weighted by Crippen LogP contribution is 2.41. The van der Waals surface area contributed by atoms with Crippen LogP contribution in [-0.4, -0.2) is 35.3 Å². The van der Waals surface area contributed by atoms with Crippen LogP contribution in [0.4, 0.5) is 0 Å². The number of nitrogens with zero attached hydrogens (tertiary/aromatic N) is 1. The highest BCUT2D eigenvalue weighted by molar-refractivity contribution is 5.78. The van der Waals surface area contributed by atoms with Crippen LogP contribution in [0.15, 0.2) is 30.3 Å². The van der Waals surface area contributed by atoms with Gasteiger partial charge in [-0.05, 0) is 26.3 Å². The van der Waals surface area contributed by atoms with Crippen LogP contribution in [0, 0.1) is 0 Å². The summed E-state index contributed by atoms with van der Waals surface area (Å²) < 4.78 is 11.3. The molecule has 0 N–H and O–H groups in total. The van der Waals surface area contributed by atoms with Crippen molar-refractivity contribution in [2.75, 3.05) is 6.61 Å². The van der Waals surface area contributed by atoms with Crippen LogP contribution in [0.5, 0.6) is 0 Å². The van der Waals surface area contributed by atoms with Gasteiger partial charge in [0.15, 0.2) is 0 Å². The zero-order valence-electron chi connectivity index (χ0n) is 12.2. The topological polar surface area (TPSA) is 38.8 Å². The van der Waals surface area contributed by atoms with Crippen LogP contribution >= 0.6 is 0 Å². The largest absolute Gasteiger partial charge is 0.461 e. The van der Waals surface area contributed by atoms with E-state index in [-0.39, 0.29) is 24.2 Å². The van der Waals surface area contributed by atoms with Gasteiger partial charge in [-0.25, -0.2) is 0 Å². The molecule has 1 aromatic carbocycles. The standard InChI is InChI=1S/C16H21NO3/c1-11-9-13(15(18)20-11)17-14(10-19-16(17,2)3)12-7-5-4-6-8-12/h4-8,11,13-14H,9-10H2,1-3H3/t11-,13+,14-/m1/s1. The molecule has 3 rings (SSSR count). The van der Waals surface area contributed by atoms with E-state index in [1.54, 1.807) is 0 Å². The number of hydrogen-bond acceptors (Lipinski definition) is 4. The van der Waals surface area contributed by atoms with Crippen molar-refractivity contribution in [3.05, 3.63) is 35.9 Å². The first kappa shape index (κ1) is 13.6. The highest BCUT2D eigenvalue weighted by Gasteiger charge is 2.50. The third kappa shape index (κ3) is 2.23. The van der Waals surface area contributed by atoms with E-state index in [1.165, 1.54) is 5.56 Å². The van der Waals surface area contributed by atoms with Gasteiger partial charge in [-0.15, -0.1) is 0 Å². The van der Waals surface area contributed by atoms with Crippen molar-refractivity contribution >= 4 is 5.97 Å². The molecule has 4 nitrogen and oxygen atoms in total. The normalized spacial score (nSPS) is 33.4. The summed E-state index contributed by atoms with van der Waals surface area (Å²) in [6.45, 7) is 6.59. The van der Waals surface area contributed by atoms with E-state index in [2.05, 4.69) is 17.0 Å². The minimum Gasteiger partial charge on any atom is -0.461 e. The molecular weight excluding hydrogens is 254 g/mol. The van der Waals surface area contributed by atoms with E-state index in [9.17, 15) is 4.79 Å². The number of ether oxygens (including phenoxy) is 2. The van der Waals surface area contributed by atoms with Crippen LogP contribution in [0.2, 0.25) is 0 Å². The first-order chi connectivity index (χ1) is 9.49. The summed E-state index contributed by atoms with van der Waals surface area (Å²) in [5, 5.41) is 0. The number of rotatable bonds is 2. The molecule has 0 radical (unpaired) electrons. The molecule has 4 heteroatoms. The number of esters is 1. The fourth-order valence-corrected chi connectivity index (χ4v) is 3.30. The van der Waals surface area contributed by atoms with Crippen LogP contribution < -0.4 is 0 Å². The van der Waals surface area contributed by atoms with Crippen molar-refractivity contribution in [2.45, 2.75) is 51.1 Å². The second kappa shape index (κ2) is 4.86. The van der Waals surface area contributed by atoms with Gasteiger partial charge in [0.2, 0.25) is 0 Å². The first-order valence-corrected chi connectivity index (χ1v) is 7.17. The van der Waals surface area contributed by atoms with Gasteiger partial charge in [0.25, 0.3) is 0 Å². The Balaban J connectivity index is 1.93. The molecule has 108 valence electrons. The lowest BCUT2D eigenvalue weighted by molar-refractivity contribution is -0.150. The molecule has 2 heterocycles. The Morgan fingerprint density at radius 1 is 1.20 bits per heavy atom. The fraction of sp³-hybridized carbons (Fsp3) is 0.562. The molecule has 2 saturated heterocycles. The predicted octanol–water partition coefficient (Wildman–Crippen LogP) is 2.50. The maximum atomic E-state index is 12.1. The summed E-state index contributed by atoms with van der Waals surface area (Å²) in [7, 11) is 0. The van der Waals surface area contributed by atoms with Crippen LogP contribution in [0.1, 0.15) is 38.8 Å². The molecule has 0 aliphatic carbocycles. The maximum absolute atomic E-state index is 12.1. The Morgan fingerprint density at radius 3 is 2.50 bits per heavy atom. The average molecular weight is 275 g/mol. The Morgan fingerprint density at radius 2 is 1.90 bits per heavy atom. The van der Waals surface area contributed by atoms with Gasteiger partial charge in [0.05, 0.1) is 12.6 Å². The van der Waals surface area contributed by atoms with Gasteiger partial charge in [-0.1, -0.05) is 30.3 Å². The third-order valence-electron chi connectivity index (χ3n) is 4.22. The molecular formula is C16H21NO3. The van der Waals surface area contributed by atoms with Crippen LogP contribution in [0.25, 0.3) is 0 Å². The lowest BCUT2D eigenvalue weighted by Gasteiger charge is -2.36. The number of benzene rings is 1. The van der Waals surface area contributed by atoms with E-state index >= 15 is 0 Å². The van der Waals surface area contributed by atoms with Crippen molar-refractivity contribution in [1.29, 1.82) is 0 Å². The molecule has 2 fully saturated rings. The summed E-state index contributed by atoms with van der Waals surface area (Å²) in [4.78, 5) is 14.3. The average Bonchev–Trinajstić information content (AvgIpc) is 2.89. The summed E-state index contributed by atoms with van der Waals surface area (Å²) in [5.41, 5.74) is 0.735. The fourth-order valence-electron chi connectivity index (χ4n) is 3.30. The van der Waals surface area contributed by atoms with Gasteiger partial charge in [0.1, 0.15) is 17.9 Å². The van der Waals surface area contributed by atoms with Crippen LogP contribution in [-0.2, 0) is 14.3 Å². The molecule has 2 aliphatic heterocycles. The summed E-state index contributed by atoms with van der Waals surface area (Å²) >= 11 is 0. The SMILES string of the molecule is C[C@@H]1C[C@H](N2[C@@H](c3ccccc3)COC2(C)C)C(=O)O1. The van der Waals surface area contributed by atoms with E-state index in [0.29, 0.717) is 6.61 Å². The zero-order chi connectivity index (χ0) is 14.3. The highest BCUT2D eigenvalue weighted by atomic mass is 16.6. The molecule has 0 bridgehead atoms. The van der Waals surface area contributed by atoms with Gasteiger partial charge >= 0.3 is 5.97 Å². The van der Waals surface area contributed by atoms with Crippen molar-refractivity contribution < 1.29 is 14.3 Å². The predicted molar refractivity (Wildman–Crippen MR) is 75.0 cm³/mol. The molecule has 0 unspecified atom stereocenters. The van der Waals surface area contributed by atoms with Crippen molar-refractivity contribution in [3.8, 4) is 0 Å². The molecule has 20 heavy (non-hydrogen) atoms. The number of hydrogen-bond donors (Lipinski definition) is 0. The van der Waals surface area contributed by atoms with Crippen molar-refractivity contribution in [1.82, 2.24) is 4.90 Å². The monoisotopic (exact) mass is 275 g/mol. The lowest BCUT2D eigenvalue weighted by atomic mass is 10.0. The quantitative estimate of drug-likeness (QED) is 0.777. The molecule has 0 amide bonds. The number of carbonyl (C=O) groups is 1. The van der Waals surface area contributed by atoms with Gasteiger partial charge < -0.3 is 9.47 Å². The first-order valence-electron chi connectivity index (χ1n) is 7.17. The molecule has 0 saturated carbocycles. The molecule has 2 aliphatic rings. The Labute approximate surface area is 119 Å². The zero-order valence-corrected chi connectivity index (χ0v) is 12.2. The van der Waals surface area contributed by atoms with E-state index in [4.69, 9.17) is 9.47 Å². The molecule has 3 atom stereocenters. The number of cyclic esters (lactones) is 1. The van der Waals surface area contributed by atoms with Crippen molar-refractivity contribution in [2.24, 2.45) is 0 Å². The minimum atomic E-state index is -0.450. The summed E-state index contributed by atoms with van der Waals surface area (Å²) in [6.07, 6.45) is 0.718. The van der Waals surface area contributed by atoms with E-state index in [1.807, 2.05) is 39.0 Å². The Hall–Kier alpha value is -1.39.